The van der Waals surface area contributed by atoms with Gasteiger partial charge in [0.1, 0.15) is 0 Å². The van der Waals surface area contributed by atoms with Crippen LogP contribution in [0.1, 0.15) is 52.6 Å². The van der Waals surface area contributed by atoms with Gasteiger partial charge < -0.3 is 5.32 Å². The second-order valence-corrected chi connectivity index (χ2v) is 6.17. The minimum Gasteiger partial charge on any atom is -0.350 e. The maximum absolute atomic E-state index is 12.1. The van der Waals surface area contributed by atoms with Crippen molar-refractivity contribution >= 4 is 17.2 Å². The average Bonchev–Trinajstić information content (AvgIpc) is 2.81. The van der Waals surface area contributed by atoms with Gasteiger partial charge in [0.15, 0.2) is 0 Å². The zero-order chi connectivity index (χ0) is 13.8. The number of thiophene rings is 1. The van der Waals surface area contributed by atoms with Crippen molar-refractivity contribution in [3.8, 4) is 0 Å². The number of rotatable bonds is 6. The summed E-state index contributed by atoms with van der Waals surface area (Å²) in [5.41, 5.74) is 1.09. The van der Waals surface area contributed by atoms with Crippen molar-refractivity contribution in [2.24, 2.45) is 0 Å². The fraction of sp³-hybridized carbons (Fsp3) is 0.643. The summed E-state index contributed by atoms with van der Waals surface area (Å²) in [6, 6.07) is 2.09. The predicted octanol–water partition coefficient (Wildman–Crippen LogP) is 3.09. The van der Waals surface area contributed by atoms with Crippen molar-refractivity contribution in [1.82, 2.24) is 10.6 Å². The highest BCUT2D eigenvalue weighted by Gasteiger charge is 2.22. The first-order valence-corrected chi connectivity index (χ1v) is 7.40. The molecule has 0 bridgehead atoms. The van der Waals surface area contributed by atoms with Gasteiger partial charge in [-0.3, -0.25) is 10.1 Å². The van der Waals surface area contributed by atoms with Gasteiger partial charge in [-0.1, -0.05) is 6.92 Å². The van der Waals surface area contributed by atoms with Gasteiger partial charge in [0.05, 0.1) is 6.04 Å². The molecule has 102 valence electrons. The van der Waals surface area contributed by atoms with Gasteiger partial charge in [-0.25, -0.2) is 0 Å². The van der Waals surface area contributed by atoms with Crippen LogP contribution in [-0.2, 0) is 4.79 Å². The summed E-state index contributed by atoms with van der Waals surface area (Å²) in [6.07, 6.45) is 0.922. The number of amides is 1. The first-order chi connectivity index (χ1) is 8.35. The Bertz CT molecular complexity index is 373. The Balaban J connectivity index is 2.50. The first-order valence-electron chi connectivity index (χ1n) is 6.46. The molecule has 1 rings (SSSR count). The highest BCUT2D eigenvalue weighted by Crippen LogP contribution is 2.16. The number of nitrogens with one attached hydrogen (secondary N) is 2. The van der Waals surface area contributed by atoms with E-state index in [0.717, 1.165) is 6.42 Å². The van der Waals surface area contributed by atoms with E-state index in [1.54, 1.807) is 11.3 Å². The molecular weight excluding hydrogens is 244 g/mol. The highest BCUT2D eigenvalue weighted by atomic mass is 32.1. The molecule has 4 heteroatoms. The van der Waals surface area contributed by atoms with Crippen molar-refractivity contribution < 1.29 is 4.79 Å². The third kappa shape index (κ3) is 4.42. The fourth-order valence-corrected chi connectivity index (χ4v) is 2.35. The summed E-state index contributed by atoms with van der Waals surface area (Å²) in [5.74, 6) is 0.0592. The van der Waals surface area contributed by atoms with E-state index in [1.807, 2.05) is 20.8 Å². The van der Waals surface area contributed by atoms with E-state index in [2.05, 4.69) is 41.3 Å². The van der Waals surface area contributed by atoms with Crippen LogP contribution >= 0.6 is 11.3 Å². The van der Waals surface area contributed by atoms with Crippen molar-refractivity contribution in [1.29, 1.82) is 0 Å². The Hall–Kier alpha value is -0.870. The molecule has 2 N–H and O–H groups in total. The average molecular weight is 268 g/mol. The normalized spacial score (nSPS) is 15.2. The summed E-state index contributed by atoms with van der Waals surface area (Å²) in [6.45, 7) is 10.1. The third-order valence-electron chi connectivity index (χ3n) is 3.28. The largest absolute Gasteiger partial charge is 0.350 e. The molecule has 2 unspecified atom stereocenters. The SMILES string of the molecule is CCC(C)(C)NC(=O)C(C)NC(C)c1ccsc1. The van der Waals surface area contributed by atoms with E-state index in [-0.39, 0.29) is 23.5 Å². The first kappa shape index (κ1) is 15.2. The molecule has 18 heavy (non-hydrogen) atoms. The van der Waals surface area contributed by atoms with E-state index in [4.69, 9.17) is 0 Å². The molecule has 3 nitrogen and oxygen atoms in total. The van der Waals surface area contributed by atoms with Crippen molar-refractivity contribution in [3.63, 3.8) is 0 Å². The van der Waals surface area contributed by atoms with E-state index in [0.29, 0.717) is 0 Å². The standard InChI is InChI=1S/C14H24N2OS/c1-6-14(4,5)16-13(17)11(3)15-10(2)12-7-8-18-9-12/h7-11,15H,6H2,1-5H3,(H,16,17). The second kappa shape index (κ2) is 6.34. The fourth-order valence-electron chi connectivity index (χ4n) is 1.60. The van der Waals surface area contributed by atoms with Crippen molar-refractivity contribution in [2.45, 2.75) is 58.7 Å². The maximum atomic E-state index is 12.1. The van der Waals surface area contributed by atoms with Gasteiger partial charge in [-0.15, -0.1) is 0 Å². The monoisotopic (exact) mass is 268 g/mol. The summed E-state index contributed by atoms with van der Waals surface area (Å²) >= 11 is 1.68. The van der Waals surface area contributed by atoms with Crippen molar-refractivity contribution in [3.05, 3.63) is 22.4 Å². The second-order valence-electron chi connectivity index (χ2n) is 5.39. The molecule has 1 amide bonds. The molecule has 1 aromatic heterocycles. The Labute approximate surface area is 114 Å². The molecule has 0 aliphatic carbocycles. The van der Waals surface area contributed by atoms with Gasteiger partial charge in [0, 0.05) is 11.6 Å². The molecule has 0 radical (unpaired) electrons. The zero-order valence-corrected chi connectivity index (χ0v) is 12.7. The van der Waals surface area contributed by atoms with Crippen LogP contribution in [-0.4, -0.2) is 17.5 Å². The number of hydrogen-bond donors (Lipinski definition) is 2. The van der Waals surface area contributed by atoms with E-state index < -0.39 is 0 Å². The zero-order valence-electron chi connectivity index (χ0n) is 11.9. The lowest BCUT2D eigenvalue weighted by Gasteiger charge is -2.28. The van der Waals surface area contributed by atoms with E-state index >= 15 is 0 Å². The highest BCUT2D eigenvalue weighted by molar-refractivity contribution is 7.07. The van der Waals surface area contributed by atoms with Crippen LogP contribution in [0, 0.1) is 0 Å². The van der Waals surface area contributed by atoms with Crippen LogP contribution in [0.3, 0.4) is 0 Å². The predicted molar refractivity (Wildman–Crippen MR) is 77.8 cm³/mol. The van der Waals surface area contributed by atoms with Crippen LogP contribution in [0.5, 0.6) is 0 Å². The molecule has 0 spiro atoms. The topological polar surface area (TPSA) is 41.1 Å². The Morgan fingerprint density at radius 1 is 1.44 bits per heavy atom. The molecule has 0 saturated carbocycles. The minimum absolute atomic E-state index is 0.0592. The number of hydrogen-bond acceptors (Lipinski definition) is 3. The Morgan fingerprint density at radius 3 is 2.61 bits per heavy atom. The van der Waals surface area contributed by atoms with Crippen LogP contribution in [0.25, 0.3) is 0 Å². The minimum atomic E-state index is -0.189. The molecule has 2 atom stereocenters. The molecule has 0 aromatic carbocycles. The molecular formula is C14H24N2OS. The smallest absolute Gasteiger partial charge is 0.237 e. The molecule has 0 aliphatic heterocycles. The van der Waals surface area contributed by atoms with E-state index in [9.17, 15) is 4.79 Å². The van der Waals surface area contributed by atoms with Gasteiger partial charge in [0.2, 0.25) is 5.91 Å². The van der Waals surface area contributed by atoms with E-state index in [1.165, 1.54) is 5.56 Å². The quantitative estimate of drug-likeness (QED) is 0.832. The summed E-state index contributed by atoms with van der Waals surface area (Å²) < 4.78 is 0. The van der Waals surface area contributed by atoms with Crippen LogP contribution < -0.4 is 10.6 Å². The van der Waals surface area contributed by atoms with Gasteiger partial charge in [0.25, 0.3) is 0 Å². The summed E-state index contributed by atoms with van der Waals surface area (Å²) in [5, 5.41) is 10.5. The Kier molecular flexibility index (Phi) is 5.35. The summed E-state index contributed by atoms with van der Waals surface area (Å²) in [7, 11) is 0. The Morgan fingerprint density at radius 2 is 2.11 bits per heavy atom. The molecule has 1 heterocycles. The molecule has 0 saturated heterocycles. The van der Waals surface area contributed by atoms with Gasteiger partial charge in [-0.05, 0) is 56.5 Å². The number of carbonyl (C=O) groups is 1. The van der Waals surface area contributed by atoms with Crippen LogP contribution in [0.15, 0.2) is 16.8 Å². The molecule has 1 aromatic rings. The van der Waals surface area contributed by atoms with Gasteiger partial charge in [-0.2, -0.15) is 11.3 Å². The molecule has 0 aliphatic rings. The molecule has 0 fully saturated rings. The van der Waals surface area contributed by atoms with Gasteiger partial charge >= 0.3 is 0 Å². The maximum Gasteiger partial charge on any atom is 0.237 e. The lowest BCUT2D eigenvalue weighted by Crippen LogP contribution is -2.51. The summed E-state index contributed by atoms with van der Waals surface area (Å²) in [4.78, 5) is 12.1. The third-order valence-corrected chi connectivity index (χ3v) is 3.98. The van der Waals surface area contributed by atoms with Crippen LogP contribution in [0.2, 0.25) is 0 Å². The lowest BCUT2D eigenvalue weighted by molar-refractivity contribution is -0.124. The number of carbonyl (C=O) groups excluding carboxylic acids is 1. The lowest BCUT2D eigenvalue weighted by atomic mass is 10.0. The van der Waals surface area contributed by atoms with Crippen LogP contribution in [0.4, 0.5) is 0 Å². The van der Waals surface area contributed by atoms with Crippen molar-refractivity contribution in [2.75, 3.05) is 0 Å².